The van der Waals surface area contributed by atoms with Gasteiger partial charge < -0.3 is 25.3 Å². The molecule has 6 heteroatoms. The zero-order valence-electron chi connectivity index (χ0n) is 16.8. The van der Waals surface area contributed by atoms with Gasteiger partial charge in [-0.1, -0.05) is 6.92 Å². The van der Waals surface area contributed by atoms with Gasteiger partial charge in [-0.25, -0.2) is 0 Å². The van der Waals surface area contributed by atoms with Crippen molar-refractivity contribution >= 4 is 5.96 Å². The van der Waals surface area contributed by atoms with Gasteiger partial charge in [0, 0.05) is 45.8 Å². The van der Waals surface area contributed by atoms with Gasteiger partial charge in [0.2, 0.25) is 0 Å². The van der Waals surface area contributed by atoms with E-state index in [0.29, 0.717) is 6.04 Å². The average Bonchev–Trinajstić information content (AvgIpc) is 2.83. The van der Waals surface area contributed by atoms with Crippen molar-refractivity contribution in [3.05, 3.63) is 0 Å². The van der Waals surface area contributed by atoms with E-state index in [1.807, 2.05) is 7.05 Å². The monoisotopic (exact) mass is 352 g/mol. The van der Waals surface area contributed by atoms with Gasteiger partial charge >= 0.3 is 0 Å². The van der Waals surface area contributed by atoms with Gasteiger partial charge in [0.15, 0.2) is 5.96 Å². The third-order valence-corrected chi connectivity index (χ3v) is 5.45. The van der Waals surface area contributed by atoms with E-state index in [-0.39, 0.29) is 0 Å². The van der Waals surface area contributed by atoms with E-state index in [1.54, 1.807) is 0 Å². The first-order valence-electron chi connectivity index (χ1n) is 10.3. The predicted molar refractivity (Wildman–Crippen MR) is 107 cm³/mol. The zero-order chi connectivity index (χ0) is 17.9. The Bertz CT molecular complexity index is 378. The van der Waals surface area contributed by atoms with Crippen LogP contribution in [0.4, 0.5) is 0 Å². The largest absolute Gasteiger partial charge is 0.356 e. The second kappa shape index (κ2) is 11.7. The Kier molecular flexibility index (Phi) is 9.58. The van der Waals surface area contributed by atoms with Gasteiger partial charge in [0.1, 0.15) is 0 Å². The number of rotatable bonds is 7. The Morgan fingerprint density at radius 1 is 1.00 bits per heavy atom. The molecular weight excluding hydrogens is 312 g/mol. The van der Waals surface area contributed by atoms with E-state index in [0.717, 1.165) is 12.5 Å². The first kappa shape index (κ1) is 20.5. The Hall–Kier alpha value is -0.850. The highest BCUT2D eigenvalue weighted by atomic mass is 15.2. The average molecular weight is 353 g/mol. The molecule has 0 saturated carbocycles. The fraction of sp³-hybridized carbons (Fsp3) is 0.947. The first-order valence-corrected chi connectivity index (χ1v) is 10.3. The summed E-state index contributed by atoms with van der Waals surface area (Å²) in [5, 5.41) is 7.12. The molecule has 2 N–H and O–H groups in total. The van der Waals surface area contributed by atoms with Crippen LogP contribution in [0.1, 0.15) is 39.0 Å². The summed E-state index contributed by atoms with van der Waals surface area (Å²) in [7, 11) is 4.11. The van der Waals surface area contributed by atoms with E-state index in [2.05, 4.69) is 44.3 Å². The quantitative estimate of drug-likeness (QED) is 0.407. The molecule has 0 bridgehead atoms. The summed E-state index contributed by atoms with van der Waals surface area (Å²) in [6, 6.07) is 0.570. The molecule has 0 unspecified atom stereocenters. The molecule has 0 atom stereocenters. The number of nitrogens with zero attached hydrogens (tertiary/aromatic N) is 4. The molecule has 0 spiro atoms. The molecule has 2 saturated heterocycles. The topological polar surface area (TPSA) is 46.1 Å². The molecule has 0 amide bonds. The smallest absolute Gasteiger partial charge is 0.191 e. The van der Waals surface area contributed by atoms with Crippen LogP contribution in [0, 0.1) is 0 Å². The van der Waals surface area contributed by atoms with Crippen LogP contribution in [0.3, 0.4) is 0 Å². The fourth-order valence-corrected chi connectivity index (χ4v) is 3.84. The second-order valence-corrected chi connectivity index (χ2v) is 7.61. The van der Waals surface area contributed by atoms with Crippen molar-refractivity contribution in [2.45, 2.75) is 45.1 Å². The van der Waals surface area contributed by atoms with Gasteiger partial charge in [-0.15, -0.1) is 0 Å². The number of likely N-dealkylation sites (tertiary alicyclic amines) is 1. The minimum atomic E-state index is 0.570. The highest BCUT2D eigenvalue weighted by Gasteiger charge is 2.19. The normalized spacial score (nSPS) is 22.8. The van der Waals surface area contributed by atoms with Crippen LogP contribution in [0.15, 0.2) is 4.99 Å². The minimum absolute atomic E-state index is 0.570. The molecule has 0 aliphatic carbocycles. The summed E-state index contributed by atoms with van der Waals surface area (Å²) < 4.78 is 0. The summed E-state index contributed by atoms with van der Waals surface area (Å²) in [5.74, 6) is 0.976. The minimum Gasteiger partial charge on any atom is -0.356 e. The highest BCUT2D eigenvalue weighted by molar-refractivity contribution is 5.79. The van der Waals surface area contributed by atoms with Gasteiger partial charge in [0.05, 0.1) is 0 Å². The fourth-order valence-electron chi connectivity index (χ4n) is 3.84. The lowest BCUT2D eigenvalue weighted by molar-refractivity contribution is 0.206. The molecule has 0 aromatic carbocycles. The Morgan fingerprint density at radius 3 is 2.48 bits per heavy atom. The standard InChI is InChI=1S/C19H40N6/c1-4-10-24-14-7-18(8-15-24)22-19(20-2)21-9-5-12-25-13-6-11-23(3)16-17-25/h18H,4-17H2,1-3H3,(H2,20,21,22). The summed E-state index contributed by atoms with van der Waals surface area (Å²) in [6.45, 7) is 13.0. The van der Waals surface area contributed by atoms with Crippen molar-refractivity contribution in [3.8, 4) is 0 Å². The summed E-state index contributed by atoms with van der Waals surface area (Å²) >= 11 is 0. The SMILES string of the molecule is CCCN1CCC(NC(=NC)NCCCN2CCCN(C)CC2)CC1. The van der Waals surface area contributed by atoms with E-state index >= 15 is 0 Å². The summed E-state index contributed by atoms with van der Waals surface area (Å²) in [4.78, 5) is 12.0. The van der Waals surface area contributed by atoms with Crippen molar-refractivity contribution in [1.82, 2.24) is 25.3 Å². The van der Waals surface area contributed by atoms with Crippen molar-refractivity contribution in [2.75, 3.05) is 73.0 Å². The van der Waals surface area contributed by atoms with Crippen molar-refractivity contribution < 1.29 is 0 Å². The molecule has 0 aromatic heterocycles. The van der Waals surface area contributed by atoms with E-state index < -0.39 is 0 Å². The number of likely N-dealkylation sites (N-methyl/N-ethyl adjacent to an activating group) is 1. The summed E-state index contributed by atoms with van der Waals surface area (Å²) in [5.41, 5.74) is 0. The van der Waals surface area contributed by atoms with Crippen molar-refractivity contribution in [2.24, 2.45) is 4.99 Å². The Labute approximate surface area is 155 Å². The molecule has 146 valence electrons. The maximum absolute atomic E-state index is 4.41. The Balaban J connectivity index is 1.58. The Morgan fingerprint density at radius 2 is 1.76 bits per heavy atom. The van der Waals surface area contributed by atoms with Crippen molar-refractivity contribution in [3.63, 3.8) is 0 Å². The third-order valence-electron chi connectivity index (χ3n) is 5.45. The van der Waals surface area contributed by atoms with Crippen LogP contribution < -0.4 is 10.6 Å². The number of hydrogen-bond donors (Lipinski definition) is 2. The van der Waals surface area contributed by atoms with E-state index in [9.17, 15) is 0 Å². The molecule has 2 fully saturated rings. The number of guanidine groups is 1. The van der Waals surface area contributed by atoms with Crippen LogP contribution in [-0.2, 0) is 0 Å². The summed E-state index contributed by atoms with van der Waals surface area (Å²) in [6.07, 6.45) is 6.18. The van der Waals surface area contributed by atoms with Crippen LogP contribution in [0.5, 0.6) is 0 Å². The zero-order valence-corrected chi connectivity index (χ0v) is 16.8. The molecule has 2 aliphatic heterocycles. The van der Waals surface area contributed by atoms with Crippen LogP contribution in [-0.4, -0.2) is 99.7 Å². The predicted octanol–water partition coefficient (Wildman–Crippen LogP) is 1.05. The lowest BCUT2D eigenvalue weighted by Gasteiger charge is -2.32. The maximum atomic E-state index is 4.41. The number of hydrogen-bond acceptors (Lipinski definition) is 4. The highest BCUT2D eigenvalue weighted by Crippen LogP contribution is 2.10. The molecule has 0 aromatic rings. The molecule has 2 heterocycles. The van der Waals surface area contributed by atoms with Crippen LogP contribution in [0.2, 0.25) is 0 Å². The first-order chi connectivity index (χ1) is 12.2. The third kappa shape index (κ3) is 7.92. The number of nitrogens with one attached hydrogen (secondary N) is 2. The van der Waals surface area contributed by atoms with E-state index in [1.165, 1.54) is 84.5 Å². The van der Waals surface area contributed by atoms with Crippen LogP contribution >= 0.6 is 0 Å². The maximum Gasteiger partial charge on any atom is 0.191 e. The van der Waals surface area contributed by atoms with E-state index in [4.69, 9.17) is 0 Å². The van der Waals surface area contributed by atoms with Crippen LogP contribution in [0.25, 0.3) is 0 Å². The molecule has 2 aliphatic rings. The van der Waals surface area contributed by atoms with Gasteiger partial charge in [-0.3, -0.25) is 4.99 Å². The van der Waals surface area contributed by atoms with Gasteiger partial charge in [-0.2, -0.15) is 0 Å². The molecule has 0 radical (unpaired) electrons. The lowest BCUT2D eigenvalue weighted by Crippen LogP contribution is -2.49. The number of piperidine rings is 1. The number of aliphatic imine (C=N–C) groups is 1. The lowest BCUT2D eigenvalue weighted by atomic mass is 10.1. The van der Waals surface area contributed by atoms with Gasteiger partial charge in [-0.05, 0) is 65.3 Å². The molecule has 25 heavy (non-hydrogen) atoms. The molecule has 2 rings (SSSR count). The van der Waals surface area contributed by atoms with Crippen molar-refractivity contribution in [1.29, 1.82) is 0 Å². The molecular formula is C19H40N6. The van der Waals surface area contributed by atoms with Gasteiger partial charge in [0.25, 0.3) is 0 Å². The second-order valence-electron chi connectivity index (χ2n) is 7.61. The molecule has 6 nitrogen and oxygen atoms in total.